The van der Waals surface area contributed by atoms with Gasteiger partial charge < -0.3 is 9.13 Å². The normalized spacial score (nSPS) is 12.9. The maximum absolute atomic E-state index is 5.04. The fraction of sp³-hybridized carbons (Fsp3) is 0.0392. The van der Waals surface area contributed by atoms with Crippen LogP contribution < -0.4 is 0 Å². The second-order valence-electron chi connectivity index (χ2n) is 14.4. The minimum absolute atomic E-state index is 0.632. The number of aromatic nitrogens is 5. The Bertz CT molecular complexity index is 3130. The topological polar surface area (TPSA) is 48.5 Å². The molecular formula is C51H35N5. The highest BCUT2D eigenvalue weighted by Crippen LogP contribution is 2.39. The Labute approximate surface area is 324 Å². The van der Waals surface area contributed by atoms with Gasteiger partial charge in [-0.25, -0.2) is 15.0 Å². The van der Waals surface area contributed by atoms with Crippen LogP contribution in [0.3, 0.4) is 0 Å². The lowest BCUT2D eigenvalue weighted by Crippen LogP contribution is -2.01. The number of rotatable bonds is 6. The molecule has 0 radical (unpaired) electrons. The Morgan fingerprint density at radius 2 is 0.911 bits per heavy atom. The lowest BCUT2D eigenvalue weighted by molar-refractivity contribution is 1.02. The molecule has 1 aliphatic carbocycles. The van der Waals surface area contributed by atoms with E-state index in [9.17, 15) is 0 Å². The van der Waals surface area contributed by atoms with Crippen molar-refractivity contribution in [2.45, 2.75) is 12.8 Å². The SMILES string of the molecule is C1=CC(n2c3ccccc3c3cc(-c4ccc5c6ccccc6n(-c6cccc(-c7nc(-c8ccccc8)nc(-c8ccccc8)n7)c6)c5c4)ccc32)=CCC1. The van der Waals surface area contributed by atoms with Crippen LogP contribution in [-0.2, 0) is 0 Å². The first-order valence-electron chi connectivity index (χ1n) is 19.2. The highest BCUT2D eigenvalue weighted by Gasteiger charge is 2.18. The molecule has 0 aliphatic heterocycles. The van der Waals surface area contributed by atoms with Crippen LogP contribution in [0.2, 0.25) is 0 Å². The lowest BCUT2D eigenvalue weighted by Gasteiger charge is -2.13. The molecule has 5 nitrogen and oxygen atoms in total. The highest BCUT2D eigenvalue weighted by atomic mass is 15.0. The molecular weight excluding hydrogens is 683 g/mol. The summed E-state index contributed by atoms with van der Waals surface area (Å²) in [5.74, 6) is 1.93. The first-order valence-corrected chi connectivity index (χ1v) is 19.2. The molecule has 0 amide bonds. The minimum atomic E-state index is 0.632. The van der Waals surface area contributed by atoms with Crippen molar-refractivity contribution in [2.75, 3.05) is 0 Å². The van der Waals surface area contributed by atoms with Gasteiger partial charge in [0, 0.05) is 49.6 Å². The van der Waals surface area contributed by atoms with Gasteiger partial charge in [0.1, 0.15) is 0 Å². The van der Waals surface area contributed by atoms with Crippen molar-refractivity contribution in [3.8, 4) is 51.0 Å². The maximum atomic E-state index is 5.04. The van der Waals surface area contributed by atoms with Gasteiger partial charge in [0.15, 0.2) is 17.5 Å². The van der Waals surface area contributed by atoms with Gasteiger partial charge in [-0.3, -0.25) is 0 Å². The van der Waals surface area contributed by atoms with E-state index in [2.05, 4.69) is 137 Å². The second kappa shape index (κ2) is 13.2. The Hall–Kier alpha value is -7.37. The van der Waals surface area contributed by atoms with Crippen LogP contribution in [0, 0.1) is 0 Å². The largest absolute Gasteiger partial charge is 0.310 e. The standard InChI is InChI=1S/C51H35N5/c1-4-15-34(16-5-1)49-52-50(35-17-6-2-7-18-35)54-51(53-49)38-19-14-22-40(31-38)56-45-25-12-10-23-41(45)43-29-27-37(33-48(43)56)36-28-30-47-44(32-36)42-24-11-13-26-46(42)55(47)39-20-8-3-9-21-39/h1-2,4-8,10-33H,3,9H2. The van der Waals surface area contributed by atoms with Gasteiger partial charge in [-0.2, -0.15) is 0 Å². The fourth-order valence-electron chi connectivity index (χ4n) is 8.35. The quantitative estimate of drug-likeness (QED) is 0.172. The van der Waals surface area contributed by atoms with E-state index in [1.807, 2.05) is 60.7 Å². The third-order valence-electron chi connectivity index (χ3n) is 11.0. The van der Waals surface area contributed by atoms with Crippen LogP contribution in [-0.4, -0.2) is 24.1 Å². The maximum Gasteiger partial charge on any atom is 0.164 e. The summed E-state index contributed by atoms with van der Waals surface area (Å²) in [6, 6.07) is 60.1. The number of fused-ring (bicyclic) bond motifs is 6. The van der Waals surface area contributed by atoms with Crippen molar-refractivity contribution in [1.82, 2.24) is 24.1 Å². The average molecular weight is 718 g/mol. The van der Waals surface area contributed by atoms with Gasteiger partial charge in [-0.05, 0) is 72.5 Å². The van der Waals surface area contributed by atoms with E-state index in [0.717, 1.165) is 46.3 Å². The fourth-order valence-corrected chi connectivity index (χ4v) is 8.35. The van der Waals surface area contributed by atoms with Crippen LogP contribution in [0.5, 0.6) is 0 Å². The second-order valence-corrected chi connectivity index (χ2v) is 14.4. The molecule has 1 aliphatic rings. The number of hydrogen-bond acceptors (Lipinski definition) is 3. The zero-order chi connectivity index (χ0) is 37.0. The van der Waals surface area contributed by atoms with E-state index < -0.39 is 0 Å². The van der Waals surface area contributed by atoms with E-state index in [0.29, 0.717) is 17.5 Å². The molecule has 56 heavy (non-hydrogen) atoms. The summed E-state index contributed by atoms with van der Waals surface area (Å²) in [5.41, 5.74) is 12.2. The average Bonchev–Trinajstić information content (AvgIpc) is 3.79. The summed E-state index contributed by atoms with van der Waals surface area (Å²) < 4.78 is 4.79. The van der Waals surface area contributed by atoms with Gasteiger partial charge in [0.05, 0.1) is 22.1 Å². The molecule has 11 rings (SSSR count). The van der Waals surface area contributed by atoms with E-state index in [-0.39, 0.29) is 0 Å². The molecule has 264 valence electrons. The molecule has 0 fully saturated rings. The highest BCUT2D eigenvalue weighted by molar-refractivity contribution is 6.13. The Morgan fingerprint density at radius 3 is 1.61 bits per heavy atom. The molecule has 0 unspecified atom stereocenters. The third-order valence-corrected chi connectivity index (χ3v) is 11.0. The van der Waals surface area contributed by atoms with Crippen molar-refractivity contribution < 1.29 is 0 Å². The summed E-state index contributed by atoms with van der Waals surface area (Å²) >= 11 is 0. The van der Waals surface area contributed by atoms with Gasteiger partial charge in [-0.15, -0.1) is 0 Å². The van der Waals surface area contributed by atoms with Crippen molar-refractivity contribution in [3.63, 3.8) is 0 Å². The Kier molecular flexibility index (Phi) is 7.56. The predicted octanol–water partition coefficient (Wildman–Crippen LogP) is 12.9. The molecule has 3 aromatic heterocycles. The molecule has 10 aromatic rings. The van der Waals surface area contributed by atoms with Crippen LogP contribution in [0.1, 0.15) is 12.8 Å². The molecule has 7 aromatic carbocycles. The van der Waals surface area contributed by atoms with Crippen LogP contribution >= 0.6 is 0 Å². The predicted molar refractivity (Wildman–Crippen MR) is 232 cm³/mol. The Balaban J connectivity index is 1.07. The van der Waals surface area contributed by atoms with E-state index in [1.54, 1.807) is 0 Å². The van der Waals surface area contributed by atoms with E-state index in [4.69, 9.17) is 15.0 Å². The van der Waals surface area contributed by atoms with Gasteiger partial charge in [-0.1, -0.05) is 140 Å². The zero-order valence-electron chi connectivity index (χ0n) is 30.5. The van der Waals surface area contributed by atoms with Gasteiger partial charge >= 0.3 is 0 Å². The van der Waals surface area contributed by atoms with E-state index in [1.165, 1.54) is 49.4 Å². The summed E-state index contributed by atoms with van der Waals surface area (Å²) in [6.07, 6.45) is 9.05. The monoisotopic (exact) mass is 717 g/mol. The van der Waals surface area contributed by atoms with Gasteiger partial charge in [0.2, 0.25) is 0 Å². The zero-order valence-corrected chi connectivity index (χ0v) is 30.5. The van der Waals surface area contributed by atoms with Crippen molar-refractivity contribution in [1.29, 1.82) is 0 Å². The van der Waals surface area contributed by atoms with E-state index >= 15 is 0 Å². The molecule has 5 heteroatoms. The van der Waals surface area contributed by atoms with Gasteiger partial charge in [0.25, 0.3) is 0 Å². The van der Waals surface area contributed by atoms with Crippen molar-refractivity contribution >= 4 is 49.3 Å². The molecule has 3 heterocycles. The third kappa shape index (κ3) is 5.36. The molecule has 0 saturated heterocycles. The van der Waals surface area contributed by atoms with Crippen molar-refractivity contribution in [2.24, 2.45) is 0 Å². The summed E-state index contributed by atoms with van der Waals surface area (Å²) in [7, 11) is 0. The summed E-state index contributed by atoms with van der Waals surface area (Å²) in [6.45, 7) is 0. The number of para-hydroxylation sites is 2. The number of hydrogen-bond donors (Lipinski definition) is 0. The Morgan fingerprint density at radius 1 is 0.357 bits per heavy atom. The van der Waals surface area contributed by atoms with Crippen LogP contribution in [0.15, 0.2) is 188 Å². The molecule has 0 saturated carbocycles. The molecule has 0 atom stereocenters. The molecule has 0 spiro atoms. The number of benzene rings is 7. The van der Waals surface area contributed by atoms with Crippen LogP contribution in [0.25, 0.3) is 100 Å². The van der Waals surface area contributed by atoms with Crippen LogP contribution in [0.4, 0.5) is 0 Å². The number of nitrogens with zero attached hydrogens (tertiary/aromatic N) is 5. The molecule has 0 N–H and O–H groups in total. The van der Waals surface area contributed by atoms with Crippen molar-refractivity contribution in [3.05, 3.63) is 188 Å². The minimum Gasteiger partial charge on any atom is -0.310 e. The summed E-state index contributed by atoms with van der Waals surface area (Å²) in [4.78, 5) is 15.0. The summed E-state index contributed by atoms with van der Waals surface area (Å²) in [5, 5.41) is 4.94. The first-order chi connectivity index (χ1) is 27.8. The smallest absolute Gasteiger partial charge is 0.164 e. The lowest BCUT2D eigenvalue weighted by atomic mass is 10.0. The molecule has 0 bridgehead atoms. The number of allylic oxidation sites excluding steroid dienone is 4. The first kappa shape index (κ1) is 32.1.